The van der Waals surface area contributed by atoms with Gasteiger partial charge in [-0.25, -0.2) is 9.98 Å². The van der Waals surface area contributed by atoms with Crippen LogP contribution in [0.4, 0.5) is 0 Å². The number of para-hydroxylation sites is 1. The van der Waals surface area contributed by atoms with Gasteiger partial charge in [-0.05, 0) is 62.0 Å². The van der Waals surface area contributed by atoms with Crippen LogP contribution < -0.4 is 5.32 Å². The Morgan fingerprint density at radius 1 is 0.412 bits per heavy atom. The highest BCUT2D eigenvalue weighted by Gasteiger charge is 2.24. The van der Waals surface area contributed by atoms with Gasteiger partial charge >= 0.3 is 0 Å². The Hall–Kier alpha value is -6.78. The van der Waals surface area contributed by atoms with Gasteiger partial charge in [-0.2, -0.15) is 0 Å². The maximum Gasteiger partial charge on any atom is 0.170 e. The SMILES string of the molecule is c1ccc(C2=NC(c3ccc(-c4cc(-c5cccc6ccccc56)cc5oc6ccccc6c45)c4ccccc34)N=C(c3ccccc3)N2)cc1. The highest BCUT2D eigenvalue weighted by molar-refractivity contribution is 6.18. The first-order chi connectivity index (χ1) is 25.3. The van der Waals surface area contributed by atoms with Crippen LogP contribution in [0.1, 0.15) is 22.9 Å². The third-order valence-corrected chi connectivity index (χ3v) is 9.94. The molecule has 4 nitrogen and oxygen atoms in total. The van der Waals surface area contributed by atoms with E-state index in [9.17, 15) is 0 Å². The fourth-order valence-electron chi connectivity index (χ4n) is 7.56. The van der Waals surface area contributed by atoms with Crippen LogP contribution in [0.15, 0.2) is 190 Å². The highest BCUT2D eigenvalue weighted by atomic mass is 16.3. The summed E-state index contributed by atoms with van der Waals surface area (Å²) >= 11 is 0. The van der Waals surface area contributed by atoms with E-state index in [1.54, 1.807) is 0 Å². The third kappa shape index (κ3) is 5.00. The minimum atomic E-state index is -0.438. The van der Waals surface area contributed by atoms with Gasteiger partial charge in [-0.1, -0.05) is 158 Å². The van der Waals surface area contributed by atoms with Crippen molar-refractivity contribution in [3.8, 4) is 22.3 Å². The van der Waals surface area contributed by atoms with Crippen molar-refractivity contribution in [2.75, 3.05) is 0 Å². The van der Waals surface area contributed by atoms with Crippen molar-refractivity contribution >= 4 is 55.2 Å². The van der Waals surface area contributed by atoms with Gasteiger partial charge < -0.3 is 9.73 Å². The number of rotatable bonds is 5. The van der Waals surface area contributed by atoms with E-state index in [-0.39, 0.29) is 0 Å². The Bertz CT molecular complexity index is 2770. The smallest absolute Gasteiger partial charge is 0.170 e. The molecule has 8 aromatic carbocycles. The molecular formula is C47H31N3O. The standard InChI is InChI=1S/C47H31N3O/c1-3-15-31(16-4-1)45-48-46(32-17-5-2-6-18-32)50-47(49-45)39-27-26-38(36-21-9-10-22-37(36)39)41-28-33(35-24-13-19-30-14-7-8-20-34(30)35)29-43-44(41)40-23-11-12-25-42(40)51-43/h1-29,47H,(H,48,49,50). The molecule has 0 aliphatic carbocycles. The minimum absolute atomic E-state index is 0.438. The predicted molar refractivity (Wildman–Crippen MR) is 211 cm³/mol. The molecule has 0 saturated carbocycles. The second-order valence-electron chi connectivity index (χ2n) is 13.0. The van der Waals surface area contributed by atoms with Crippen molar-refractivity contribution in [2.24, 2.45) is 9.98 Å². The summed E-state index contributed by atoms with van der Waals surface area (Å²) in [5.41, 5.74) is 9.42. The number of nitrogens with one attached hydrogen (secondary N) is 1. The molecule has 0 radical (unpaired) electrons. The second-order valence-corrected chi connectivity index (χ2v) is 13.0. The molecule has 0 bridgehead atoms. The molecule has 1 N–H and O–H groups in total. The van der Waals surface area contributed by atoms with E-state index in [1.807, 2.05) is 42.5 Å². The largest absolute Gasteiger partial charge is 0.456 e. The van der Waals surface area contributed by atoms with Crippen molar-refractivity contribution in [2.45, 2.75) is 6.17 Å². The molecule has 0 atom stereocenters. The highest BCUT2D eigenvalue weighted by Crippen LogP contribution is 2.44. The molecule has 0 unspecified atom stereocenters. The Morgan fingerprint density at radius 2 is 1.02 bits per heavy atom. The molecule has 1 aromatic heterocycles. The Balaban J connectivity index is 1.21. The number of benzene rings is 8. The van der Waals surface area contributed by atoms with Crippen LogP contribution in [0, 0.1) is 0 Å². The van der Waals surface area contributed by atoms with E-state index < -0.39 is 6.17 Å². The van der Waals surface area contributed by atoms with E-state index in [4.69, 9.17) is 14.4 Å². The number of nitrogens with zero attached hydrogens (tertiary/aromatic N) is 2. The number of hydrogen-bond acceptors (Lipinski definition) is 4. The van der Waals surface area contributed by atoms with Gasteiger partial charge in [0, 0.05) is 27.5 Å². The zero-order valence-corrected chi connectivity index (χ0v) is 27.6. The van der Waals surface area contributed by atoms with Crippen molar-refractivity contribution in [1.29, 1.82) is 0 Å². The van der Waals surface area contributed by atoms with Crippen LogP contribution in [0.2, 0.25) is 0 Å². The van der Waals surface area contributed by atoms with Crippen LogP contribution in [0.3, 0.4) is 0 Å². The zero-order valence-electron chi connectivity index (χ0n) is 27.6. The fraction of sp³-hybridized carbons (Fsp3) is 0.0213. The predicted octanol–water partition coefficient (Wildman–Crippen LogP) is 11.7. The van der Waals surface area contributed by atoms with Crippen LogP contribution in [0.5, 0.6) is 0 Å². The lowest BCUT2D eigenvalue weighted by atomic mass is 9.89. The molecule has 51 heavy (non-hydrogen) atoms. The van der Waals surface area contributed by atoms with Crippen molar-refractivity contribution in [3.63, 3.8) is 0 Å². The van der Waals surface area contributed by atoms with Crippen LogP contribution in [0.25, 0.3) is 65.7 Å². The molecule has 10 rings (SSSR count). The lowest BCUT2D eigenvalue weighted by Gasteiger charge is -2.23. The molecule has 0 saturated heterocycles. The van der Waals surface area contributed by atoms with E-state index in [2.05, 4.69) is 139 Å². The van der Waals surface area contributed by atoms with Gasteiger partial charge in [-0.15, -0.1) is 0 Å². The Morgan fingerprint density at radius 3 is 1.76 bits per heavy atom. The topological polar surface area (TPSA) is 49.9 Å². The first kappa shape index (κ1) is 29.2. The van der Waals surface area contributed by atoms with Gasteiger partial charge in [0.2, 0.25) is 0 Å². The summed E-state index contributed by atoms with van der Waals surface area (Å²) in [6, 6.07) is 61.6. The first-order valence-corrected chi connectivity index (χ1v) is 17.3. The lowest BCUT2D eigenvalue weighted by molar-refractivity contribution is 0.669. The van der Waals surface area contributed by atoms with E-state index in [0.29, 0.717) is 0 Å². The Kier molecular flexibility index (Phi) is 6.85. The Labute approximate surface area is 295 Å². The van der Waals surface area contributed by atoms with Gasteiger partial charge in [0.25, 0.3) is 0 Å². The molecule has 2 heterocycles. The zero-order chi connectivity index (χ0) is 33.7. The summed E-state index contributed by atoms with van der Waals surface area (Å²) in [7, 11) is 0. The molecule has 1 aliphatic heterocycles. The summed E-state index contributed by atoms with van der Waals surface area (Å²) in [6.45, 7) is 0. The molecule has 0 amide bonds. The molecule has 9 aromatic rings. The van der Waals surface area contributed by atoms with Crippen molar-refractivity contribution in [3.05, 3.63) is 193 Å². The first-order valence-electron chi connectivity index (χ1n) is 17.3. The monoisotopic (exact) mass is 653 g/mol. The number of hydrogen-bond donors (Lipinski definition) is 1. The van der Waals surface area contributed by atoms with Crippen LogP contribution >= 0.6 is 0 Å². The fourth-order valence-corrected chi connectivity index (χ4v) is 7.56. The van der Waals surface area contributed by atoms with Gasteiger partial charge in [0.15, 0.2) is 6.17 Å². The summed E-state index contributed by atoms with van der Waals surface area (Å²) in [5, 5.41) is 10.4. The van der Waals surface area contributed by atoms with Crippen LogP contribution in [-0.4, -0.2) is 11.7 Å². The average Bonchev–Trinajstić information content (AvgIpc) is 3.59. The molecule has 1 aliphatic rings. The third-order valence-electron chi connectivity index (χ3n) is 9.94. The van der Waals surface area contributed by atoms with Gasteiger partial charge in [-0.3, -0.25) is 0 Å². The summed E-state index contributed by atoms with van der Waals surface area (Å²) in [4.78, 5) is 10.4. The van der Waals surface area contributed by atoms with E-state index in [0.717, 1.165) is 77.8 Å². The summed E-state index contributed by atoms with van der Waals surface area (Å²) < 4.78 is 6.58. The normalized spacial score (nSPS) is 13.4. The lowest BCUT2D eigenvalue weighted by Crippen LogP contribution is -2.36. The maximum atomic E-state index is 6.58. The number of fused-ring (bicyclic) bond motifs is 5. The molecular weight excluding hydrogens is 623 g/mol. The van der Waals surface area contributed by atoms with Crippen molar-refractivity contribution < 1.29 is 4.42 Å². The number of furan rings is 1. The van der Waals surface area contributed by atoms with Crippen LogP contribution in [-0.2, 0) is 0 Å². The van der Waals surface area contributed by atoms with E-state index in [1.165, 1.54) is 16.3 Å². The molecule has 0 fully saturated rings. The molecule has 4 heteroatoms. The second kappa shape index (κ2) is 12.0. The van der Waals surface area contributed by atoms with Gasteiger partial charge in [0.05, 0.1) is 0 Å². The van der Waals surface area contributed by atoms with Crippen molar-refractivity contribution in [1.82, 2.24) is 5.32 Å². The summed E-state index contributed by atoms with van der Waals surface area (Å²) in [6.07, 6.45) is -0.438. The number of amidine groups is 2. The average molecular weight is 654 g/mol. The molecule has 0 spiro atoms. The minimum Gasteiger partial charge on any atom is -0.456 e. The number of aliphatic imine (C=N–C) groups is 2. The maximum absolute atomic E-state index is 6.58. The summed E-state index contributed by atoms with van der Waals surface area (Å²) in [5.74, 6) is 1.61. The van der Waals surface area contributed by atoms with E-state index >= 15 is 0 Å². The quantitative estimate of drug-likeness (QED) is 0.201. The van der Waals surface area contributed by atoms with Gasteiger partial charge in [0.1, 0.15) is 22.8 Å². The molecule has 240 valence electrons.